The number of unbranched alkanes of at least 4 members (excludes halogenated alkanes) is 2. The van der Waals surface area contributed by atoms with Gasteiger partial charge in [0, 0.05) is 0 Å². The second kappa shape index (κ2) is 10.4. The summed E-state index contributed by atoms with van der Waals surface area (Å²) in [5.74, 6) is 0. The molecular weight excluding hydrogens is 364 g/mol. The molecule has 156 valence electrons. The van der Waals surface area contributed by atoms with Crippen LogP contribution in [0.4, 0.5) is 0 Å². The Kier molecular flexibility index (Phi) is 7.65. The maximum atomic E-state index is 9.27. The first-order valence-electron chi connectivity index (χ1n) is 11.2. The molecule has 0 radical (unpaired) electrons. The van der Waals surface area contributed by atoms with Gasteiger partial charge in [0.2, 0.25) is 0 Å². The molecule has 3 aromatic rings. The Morgan fingerprint density at radius 2 is 1.53 bits per heavy atom. The van der Waals surface area contributed by atoms with Gasteiger partial charge in [-0.1, -0.05) is 93.9 Å². The van der Waals surface area contributed by atoms with Crippen LogP contribution in [0.1, 0.15) is 55.4 Å². The molecule has 0 heterocycles. The molecule has 0 saturated carbocycles. The van der Waals surface area contributed by atoms with Crippen LogP contribution >= 0.6 is 0 Å². The molecule has 0 aliphatic carbocycles. The number of hydrogen-bond donors (Lipinski definition) is 1. The normalized spacial score (nSPS) is 10.9. The van der Waals surface area contributed by atoms with Gasteiger partial charge in [0.05, 0.1) is 6.61 Å². The number of aliphatic hydroxyl groups excluding tert-OH is 1. The third-order valence-corrected chi connectivity index (χ3v) is 5.95. The molecule has 0 fully saturated rings. The van der Waals surface area contributed by atoms with Crippen LogP contribution in [0.15, 0.2) is 67.2 Å². The molecular formula is C29H34O. The minimum atomic E-state index is -0.00970. The summed E-state index contributed by atoms with van der Waals surface area (Å²) < 4.78 is 0. The summed E-state index contributed by atoms with van der Waals surface area (Å²) in [6, 6.07) is 22.1. The van der Waals surface area contributed by atoms with Crippen LogP contribution in [-0.2, 0) is 12.8 Å². The van der Waals surface area contributed by atoms with Gasteiger partial charge in [-0.3, -0.25) is 0 Å². The summed E-state index contributed by atoms with van der Waals surface area (Å²) in [4.78, 5) is 0. The first-order valence-corrected chi connectivity index (χ1v) is 11.2. The van der Waals surface area contributed by atoms with Gasteiger partial charge in [0.25, 0.3) is 0 Å². The molecule has 0 bridgehead atoms. The second-order valence-corrected chi connectivity index (χ2v) is 8.17. The molecule has 0 unspecified atom stereocenters. The highest BCUT2D eigenvalue weighted by Gasteiger charge is 2.09. The molecule has 3 aromatic carbocycles. The lowest BCUT2D eigenvalue weighted by molar-refractivity contribution is 0.350. The Hall–Kier alpha value is -2.64. The van der Waals surface area contributed by atoms with Crippen LogP contribution in [-0.4, -0.2) is 11.7 Å². The van der Waals surface area contributed by atoms with Gasteiger partial charge in [-0.25, -0.2) is 0 Å². The zero-order valence-corrected chi connectivity index (χ0v) is 18.7. The molecule has 0 spiro atoms. The van der Waals surface area contributed by atoms with E-state index in [-0.39, 0.29) is 6.61 Å². The van der Waals surface area contributed by atoms with E-state index in [1.165, 1.54) is 64.6 Å². The van der Waals surface area contributed by atoms with Crippen molar-refractivity contribution in [2.45, 2.75) is 52.9 Å². The third-order valence-electron chi connectivity index (χ3n) is 5.95. The van der Waals surface area contributed by atoms with E-state index in [1.807, 2.05) is 12.1 Å². The fourth-order valence-corrected chi connectivity index (χ4v) is 4.09. The van der Waals surface area contributed by atoms with Gasteiger partial charge in [-0.05, 0) is 76.3 Å². The van der Waals surface area contributed by atoms with E-state index in [2.05, 4.69) is 75.9 Å². The summed E-state index contributed by atoms with van der Waals surface area (Å²) in [5.41, 5.74) is 11.0. The summed E-state index contributed by atoms with van der Waals surface area (Å²) in [5, 5.41) is 9.27. The van der Waals surface area contributed by atoms with Crippen LogP contribution in [0.3, 0.4) is 0 Å². The van der Waals surface area contributed by atoms with Gasteiger partial charge in [0.15, 0.2) is 0 Å². The van der Waals surface area contributed by atoms with Crippen molar-refractivity contribution in [3.05, 3.63) is 89.5 Å². The quantitative estimate of drug-likeness (QED) is 0.367. The molecule has 0 amide bonds. The largest absolute Gasteiger partial charge is 0.392 e. The fourth-order valence-electron chi connectivity index (χ4n) is 4.09. The van der Waals surface area contributed by atoms with Crippen LogP contribution in [0.25, 0.3) is 27.8 Å². The Labute approximate surface area is 182 Å². The molecule has 0 aromatic heterocycles. The van der Waals surface area contributed by atoms with Crippen LogP contribution in [0.2, 0.25) is 0 Å². The number of benzene rings is 3. The van der Waals surface area contributed by atoms with Crippen molar-refractivity contribution in [3.8, 4) is 22.3 Å². The Morgan fingerprint density at radius 1 is 0.833 bits per heavy atom. The van der Waals surface area contributed by atoms with Crippen molar-refractivity contribution < 1.29 is 5.11 Å². The Bertz CT molecular complexity index is 995. The predicted molar refractivity (Wildman–Crippen MR) is 131 cm³/mol. The standard InChI is InChI=1S/C29H34O/c1-5-7-8-9-23-10-16-29(24(6-2)19-23)27-15-17-28(21(3)18-27)26-13-11-25(12-14-26)22(4)20-30/h10-19,30H,4-9,20H2,1-3H3. The number of aryl methyl sites for hydroxylation is 3. The van der Waals surface area contributed by atoms with Crippen molar-refractivity contribution in [1.82, 2.24) is 0 Å². The molecule has 1 heteroatoms. The molecule has 0 aliphatic heterocycles. The zero-order valence-electron chi connectivity index (χ0n) is 18.7. The smallest absolute Gasteiger partial charge is 0.0681 e. The highest BCUT2D eigenvalue weighted by molar-refractivity contribution is 5.76. The maximum Gasteiger partial charge on any atom is 0.0681 e. The molecule has 30 heavy (non-hydrogen) atoms. The summed E-state index contributed by atoms with van der Waals surface area (Å²) in [6.07, 6.45) is 6.07. The molecule has 0 saturated heterocycles. The monoisotopic (exact) mass is 398 g/mol. The summed E-state index contributed by atoms with van der Waals surface area (Å²) in [6.45, 7) is 10.6. The van der Waals surface area contributed by atoms with Crippen molar-refractivity contribution in [2.75, 3.05) is 6.61 Å². The van der Waals surface area contributed by atoms with Gasteiger partial charge in [-0.15, -0.1) is 0 Å². The molecule has 0 aliphatic rings. The Morgan fingerprint density at radius 3 is 2.17 bits per heavy atom. The fraction of sp³-hybridized carbons (Fsp3) is 0.310. The van der Waals surface area contributed by atoms with Crippen molar-refractivity contribution in [2.24, 2.45) is 0 Å². The van der Waals surface area contributed by atoms with Crippen molar-refractivity contribution >= 4 is 5.57 Å². The third kappa shape index (κ3) is 5.09. The number of aliphatic hydroxyl groups is 1. The van der Waals surface area contributed by atoms with Gasteiger partial charge >= 0.3 is 0 Å². The van der Waals surface area contributed by atoms with E-state index in [4.69, 9.17) is 0 Å². The average molecular weight is 399 g/mol. The SMILES string of the molecule is C=C(CO)c1ccc(-c2ccc(-c3ccc(CCCCC)cc3CC)cc2C)cc1. The minimum Gasteiger partial charge on any atom is -0.392 e. The lowest BCUT2D eigenvalue weighted by Crippen LogP contribution is -1.94. The van der Waals surface area contributed by atoms with Crippen LogP contribution in [0.5, 0.6) is 0 Å². The van der Waals surface area contributed by atoms with Gasteiger partial charge in [-0.2, -0.15) is 0 Å². The zero-order chi connectivity index (χ0) is 21.5. The lowest BCUT2D eigenvalue weighted by Gasteiger charge is -2.14. The summed E-state index contributed by atoms with van der Waals surface area (Å²) >= 11 is 0. The maximum absolute atomic E-state index is 9.27. The topological polar surface area (TPSA) is 20.2 Å². The van der Waals surface area contributed by atoms with E-state index < -0.39 is 0 Å². The molecule has 1 nitrogen and oxygen atoms in total. The minimum absolute atomic E-state index is 0.00970. The van der Waals surface area contributed by atoms with E-state index in [1.54, 1.807) is 0 Å². The van der Waals surface area contributed by atoms with Crippen LogP contribution in [0, 0.1) is 6.92 Å². The van der Waals surface area contributed by atoms with E-state index in [0.29, 0.717) is 0 Å². The van der Waals surface area contributed by atoms with Crippen molar-refractivity contribution in [3.63, 3.8) is 0 Å². The summed E-state index contributed by atoms with van der Waals surface area (Å²) in [7, 11) is 0. The average Bonchev–Trinajstić information content (AvgIpc) is 2.78. The lowest BCUT2D eigenvalue weighted by atomic mass is 9.91. The van der Waals surface area contributed by atoms with E-state index in [9.17, 15) is 5.11 Å². The first-order chi connectivity index (χ1) is 14.6. The highest BCUT2D eigenvalue weighted by atomic mass is 16.3. The van der Waals surface area contributed by atoms with Crippen molar-refractivity contribution in [1.29, 1.82) is 0 Å². The number of hydrogen-bond acceptors (Lipinski definition) is 1. The van der Waals surface area contributed by atoms with Gasteiger partial charge < -0.3 is 5.11 Å². The predicted octanol–water partition coefficient (Wildman–Crippen LogP) is 7.63. The van der Waals surface area contributed by atoms with Crippen LogP contribution < -0.4 is 0 Å². The van der Waals surface area contributed by atoms with Gasteiger partial charge in [0.1, 0.15) is 0 Å². The highest BCUT2D eigenvalue weighted by Crippen LogP contribution is 2.32. The van der Waals surface area contributed by atoms with E-state index in [0.717, 1.165) is 17.6 Å². The van der Waals surface area contributed by atoms with E-state index >= 15 is 0 Å². The Balaban J connectivity index is 1.87. The molecule has 3 rings (SSSR count). The number of rotatable bonds is 9. The molecule has 1 N–H and O–H groups in total. The second-order valence-electron chi connectivity index (χ2n) is 8.17. The molecule has 0 atom stereocenters. The first kappa shape index (κ1) is 22.1.